The first-order valence-corrected chi connectivity index (χ1v) is 8.62. The Bertz CT molecular complexity index is 1230. The zero-order valence-electron chi connectivity index (χ0n) is 16.4. The summed E-state index contributed by atoms with van der Waals surface area (Å²) in [5.74, 6) is -2.26. The summed E-state index contributed by atoms with van der Waals surface area (Å²) < 4.78 is 27.6. The molecule has 0 amide bonds. The van der Waals surface area contributed by atoms with Crippen LogP contribution in [0.1, 0.15) is 15.9 Å². The molecule has 2 N–H and O–H groups in total. The van der Waals surface area contributed by atoms with E-state index in [0.29, 0.717) is 33.5 Å². The van der Waals surface area contributed by atoms with Gasteiger partial charge < -0.3 is 15.4 Å². The molecule has 4 rings (SSSR count). The Morgan fingerprint density at radius 3 is 2.20 bits per heavy atom. The molecule has 0 saturated heterocycles. The van der Waals surface area contributed by atoms with E-state index in [9.17, 15) is 18.7 Å². The van der Waals surface area contributed by atoms with Gasteiger partial charge in [-0.05, 0) is 42.3 Å². The van der Waals surface area contributed by atoms with E-state index in [-0.39, 0.29) is 51.8 Å². The van der Waals surface area contributed by atoms with Crippen molar-refractivity contribution in [2.24, 2.45) is 0 Å². The van der Waals surface area contributed by atoms with Crippen LogP contribution in [-0.4, -0.2) is 16.4 Å². The fourth-order valence-electron chi connectivity index (χ4n) is 3.38. The van der Waals surface area contributed by atoms with Gasteiger partial charge in [0.25, 0.3) is 0 Å². The summed E-state index contributed by atoms with van der Waals surface area (Å²) in [7, 11) is 0. The molecule has 146 valence electrons. The third kappa shape index (κ3) is 4.27. The Kier molecular flexibility index (Phi) is 7.44. The smallest absolute Gasteiger partial charge is 0.545 e. The van der Waals surface area contributed by atoms with Crippen LogP contribution in [0.4, 0.5) is 8.78 Å². The van der Waals surface area contributed by atoms with Crippen LogP contribution in [-0.2, 0) is 0 Å². The van der Waals surface area contributed by atoms with Crippen molar-refractivity contribution < 1.29 is 53.7 Å². The molecule has 0 radical (unpaired) electrons. The number of carbonyl (C=O) groups excluding carboxylic acids is 1. The van der Waals surface area contributed by atoms with Crippen LogP contribution in [0, 0.1) is 18.6 Å². The quantitative estimate of drug-likeness (QED) is 0.462. The summed E-state index contributed by atoms with van der Waals surface area (Å²) in [4.78, 5) is 16.2. The molecule has 0 aliphatic rings. The van der Waals surface area contributed by atoms with Crippen LogP contribution >= 0.6 is 0 Å². The molecule has 0 saturated carbocycles. The minimum Gasteiger partial charge on any atom is -0.545 e. The molecule has 3 aromatic carbocycles. The maximum atomic E-state index is 14.0. The first-order valence-electron chi connectivity index (χ1n) is 8.62. The largest absolute Gasteiger partial charge is 1.00 e. The van der Waals surface area contributed by atoms with Crippen molar-refractivity contribution in [2.45, 2.75) is 6.92 Å². The Labute approximate surface area is 193 Å². The molecular weight excluding hydrogens is 399 g/mol. The second-order valence-electron chi connectivity index (χ2n) is 6.47. The van der Waals surface area contributed by atoms with Crippen LogP contribution in [0.2, 0.25) is 0 Å². The van der Waals surface area contributed by atoms with Crippen LogP contribution in [0.5, 0.6) is 0 Å². The van der Waals surface area contributed by atoms with Crippen molar-refractivity contribution in [1.82, 2.24) is 4.98 Å². The number of fused-ring (bicyclic) bond motifs is 1. The molecule has 0 atom stereocenters. The standard InChI is InChI=1S/C23H15F2NO2.Na.H2O/c1-13-21(23(27)28)18-12-16(24)10-11-20(18)26-22(13)15-8-6-14(7-9-15)17-4-2-3-5-19(17)25;;/h2-12H,1H3,(H,27,28);;1H2/q;+1;/p-1. The number of aromatic carboxylic acids is 1. The number of benzene rings is 3. The van der Waals surface area contributed by atoms with E-state index >= 15 is 0 Å². The third-order valence-electron chi connectivity index (χ3n) is 4.74. The van der Waals surface area contributed by atoms with E-state index in [2.05, 4.69) is 4.98 Å². The van der Waals surface area contributed by atoms with Gasteiger partial charge >= 0.3 is 29.6 Å². The van der Waals surface area contributed by atoms with E-state index in [1.807, 2.05) is 0 Å². The van der Waals surface area contributed by atoms with Crippen LogP contribution in [0.15, 0.2) is 66.7 Å². The van der Waals surface area contributed by atoms with Crippen molar-refractivity contribution in [3.05, 3.63) is 89.5 Å². The number of hydrogen-bond acceptors (Lipinski definition) is 3. The molecule has 7 heteroatoms. The number of rotatable bonds is 3. The first-order chi connectivity index (χ1) is 13.5. The van der Waals surface area contributed by atoms with Gasteiger partial charge in [0.05, 0.1) is 17.2 Å². The van der Waals surface area contributed by atoms with E-state index < -0.39 is 11.8 Å². The summed E-state index contributed by atoms with van der Waals surface area (Å²) in [5, 5.41) is 11.9. The van der Waals surface area contributed by atoms with Gasteiger partial charge in [-0.1, -0.05) is 42.5 Å². The van der Waals surface area contributed by atoms with Gasteiger partial charge in [0.2, 0.25) is 0 Å². The Balaban J connectivity index is 0.00000160. The normalized spacial score (nSPS) is 10.2. The number of carbonyl (C=O) groups is 1. The maximum absolute atomic E-state index is 14.0. The van der Waals surface area contributed by atoms with E-state index in [0.717, 1.165) is 6.07 Å². The predicted molar refractivity (Wildman–Crippen MR) is 105 cm³/mol. The van der Waals surface area contributed by atoms with Crippen molar-refractivity contribution in [1.29, 1.82) is 0 Å². The van der Waals surface area contributed by atoms with Crippen LogP contribution in [0.25, 0.3) is 33.3 Å². The molecular formula is C23H16F2NNaO3. The Morgan fingerprint density at radius 1 is 0.933 bits per heavy atom. The van der Waals surface area contributed by atoms with Crippen molar-refractivity contribution >= 4 is 16.9 Å². The molecule has 1 aromatic heterocycles. The SMILES string of the molecule is Cc1c(-c2ccc(-c3ccccc3F)cc2)nc2ccc(F)cc2c1C(=O)[O-].O.[Na+]. The minimum absolute atomic E-state index is 0. The monoisotopic (exact) mass is 415 g/mol. The van der Waals surface area contributed by atoms with Crippen molar-refractivity contribution in [3.8, 4) is 22.4 Å². The van der Waals surface area contributed by atoms with Gasteiger partial charge in [-0.2, -0.15) is 0 Å². The Hall–Kier alpha value is -2.64. The van der Waals surface area contributed by atoms with Crippen LogP contribution < -0.4 is 34.7 Å². The fourth-order valence-corrected chi connectivity index (χ4v) is 3.38. The minimum atomic E-state index is -1.39. The fraction of sp³-hybridized carbons (Fsp3) is 0.0435. The second-order valence-corrected chi connectivity index (χ2v) is 6.47. The molecule has 4 nitrogen and oxygen atoms in total. The average Bonchev–Trinajstić information content (AvgIpc) is 2.68. The molecule has 0 spiro atoms. The molecule has 0 aliphatic carbocycles. The molecule has 0 fully saturated rings. The number of pyridine rings is 1. The zero-order valence-corrected chi connectivity index (χ0v) is 18.4. The third-order valence-corrected chi connectivity index (χ3v) is 4.74. The molecule has 0 unspecified atom stereocenters. The summed E-state index contributed by atoms with van der Waals surface area (Å²) >= 11 is 0. The molecule has 0 bridgehead atoms. The second kappa shape index (κ2) is 9.45. The number of hydrogen-bond donors (Lipinski definition) is 0. The summed E-state index contributed by atoms with van der Waals surface area (Å²) in [6, 6.07) is 17.3. The van der Waals surface area contributed by atoms with Gasteiger partial charge in [-0.15, -0.1) is 0 Å². The van der Waals surface area contributed by atoms with Crippen molar-refractivity contribution in [2.75, 3.05) is 0 Å². The number of carboxylic acid groups (broad SMARTS) is 1. The molecule has 30 heavy (non-hydrogen) atoms. The zero-order chi connectivity index (χ0) is 19.8. The van der Waals surface area contributed by atoms with E-state index in [4.69, 9.17) is 0 Å². The number of nitrogens with zero attached hydrogens (tertiary/aromatic N) is 1. The topological polar surface area (TPSA) is 84.5 Å². The van der Waals surface area contributed by atoms with Gasteiger partial charge in [0.1, 0.15) is 11.6 Å². The number of carboxylic acids is 1. The molecule has 0 aliphatic heterocycles. The predicted octanol–water partition coefficient (Wildman–Crippen LogP) is 0.698. The summed E-state index contributed by atoms with van der Waals surface area (Å²) in [5.41, 5.74) is 2.96. The van der Waals surface area contributed by atoms with Gasteiger partial charge in [-0.3, -0.25) is 0 Å². The molecule has 4 aromatic rings. The summed E-state index contributed by atoms with van der Waals surface area (Å²) in [6.45, 7) is 1.61. The van der Waals surface area contributed by atoms with Crippen molar-refractivity contribution in [3.63, 3.8) is 0 Å². The van der Waals surface area contributed by atoms with Crippen LogP contribution in [0.3, 0.4) is 0 Å². The number of aromatic nitrogens is 1. The van der Waals surface area contributed by atoms with Gasteiger partial charge in [0, 0.05) is 22.1 Å². The molecule has 1 heterocycles. The van der Waals surface area contributed by atoms with Gasteiger partial charge in [0.15, 0.2) is 0 Å². The number of halogens is 2. The average molecular weight is 415 g/mol. The van der Waals surface area contributed by atoms with Gasteiger partial charge in [-0.25, -0.2) is 13.8 Å². The van der Waals surface area contributed by atoms with E-state index in [1.54, 1.807) is 49.4 Å². The maximum Gasteiger partial charge on any atom is 1.00 e. The summed E-state index contributed by atoms with van der Waals surface area (Å²) in [6.07, 6.45) is 0. The van der Waals surface area contributed by atoms with E-state index in [1.165, 1.54) is 18.2 Å². The first kappa shape index (κ1) is 23.6. The Morgan fingerprint density at radius 2 is 1.57 bits per heavy atom.